The zero-order chi connectivity index (χ0) is 19.6. The Bertz CT molecular complexity index is 880. The molecule has 0 aliphatic heterocycles. The van der Waals surface area contributed by atoms with Crippen LogP contribution in [0.3, 0.4) is 0 Å². The molecule has 28 heavy (non-hydrogen) atoms. The molecule has 0 saturated heterocycles. The number of benzene rings is 3. The van der Waals surface area contributed by atoms with Gasteiger partial charge in [-0.25, -0.2) is 0 Å². The maximum Gasteiger partial charge on any atom is 0.226 e. The molecule has 5 heteroatoms. The van der Waals surface area contributed by atoms with E-state index < -0.39 is 0 Å². The molecule has 5 nitrogen and oxygen atoms in total. The zero-order valence-corrected chi connectivity index (χ0v) is 15.9. The predicted molar refractivity (Wildman–Crippen MR) is 112 cm³/mol. The molecule has 3 aromatic rings. The summed E-state index contributed by atoms with van der Waals surface area (Å²) in [5.74, 6) is 1.47. The van der Waals surface area contributed by atoms with E-state index in [2.05, 4.69) is 10.6 Å². The molecule has 0 radical (unpaired) electrons. The average Bonchev–Trinajstić information content (AvgIpc) is 2.74. The second-order valence-electron chi connectivity index (χ2n) is 6.26. The number of nitrogens with one attached hydrogen (secondary N) is 2. The molecule has 0 atom stereocenters. The van der Waals surface area contributed by atoms with E-state index in [1.807, 2.05) is 72.8 Å². The molecule has 0 aliphatic carbocycles. The van der Waals surface area contributed by atoms with Gasteiger partial charge in [0, 0.05) is 30.4 Å². The average molecular weight is 376 g/mol. The fourth-order valence-electron chi connectivity index (χ4n) is 2.65. The van der Waals surface area contributed by atoms with Crippen LogP contribution in [0.4, 0.5) is 11.4 Å². The number of anilines is 2. The van der Waals surface area contributed by atoms with Gasteiger partial charge in [0.2, 0.25) is 5.91 Å². The van der Waals surface area contributed by atoms with Crippen molar-refractivity contribution in [3.05, 3.63) is 84.4 Å². The number of carbonyl (C=O) groups excluding carboxylic acids is 1. The minimum atomic E-state index is -0.0523. The Morgan fingerprint density at radius 2 is 1.64 bits per heavy atom. The van der Waals surface area contributed by atoms with Crippen molar-refractivity contribution in [1.82, 2.24) is 0 Å². The van der Waals surface area contributed by atoms with Gasteiger partial charge in [-0.2, -0.15) is 0 Å². The highest BCUT2D eigenvalue weighted by atomic mass is 16.5. The van der Waals surface area contributed by atoms with Crippen LogP contribution in [0.1, 0.15) is 12.0 Å². The summed E-state index contributed by atoms with van der Waals surface area (Å²) in [6.07, 6.45) is 0.365. The summed E-state index contributed by atoms with van der Waals surface area (Å²) >= 11 is 0. The van der Waals surface area contributed by atoms with E-state index in [1.54, 1.807) is 13.2 Å². The number of ether oxygens (including phenoxy) is 2. The number of methoxy groups -OCH3 is 1. The van der Waals surface area contributed by atoms with Crippen molar-refractivity contribution in [2.75, 3.05) is 24.3 Å². The Balaban J connectivity index is 1.40. The molecule has 0 heterocycles. The van der Waals surface area contributed by atoms with Gasteiger partial charge in [0.25, 0.3) is 0 Å². The third kappa shape index (κ3) is 6.06. The van der Waals surface area contributed by atoms with Gasteiger partial charge in [-0.15, -0.1) is 0 Å². The smallest absolute Gasteiger partial charge is 0.226 e. The van der Waals surface area contributed by atoms with Crippen LogP contribution in [-0.4, -0.2) is 19.6 Å². The van der Waals surface area contributed by atoms with E-state index in [0.29, 0.717) is 25.3 Å². The minimum Gasteiger partial charge on any atom is -0.497 e. The molecule has 144 valence electrons. The Hall–Kier alpha value is -3.47. The molecule has 2 N–H and O–H groups in total. The highest BCUT2D eigenvalue weighted by Gasteiger charge is 2.04. The third-order valence-corrected chi connectivity index (χ3v) is 4.14. The molecule has 0 bridgehead atoms. The van der Waals surface area contributed by atoms with Crippen LogP contribution in [0.5, 0.6) is 11.5 Å². The molecule has 0 unspecified atom stereocenters. The molecule has 0 saturated carbocycles. The lowest BCUT2D eigenvalue weighted by molar-refractivity contribution is -0.115. The molecule has 0 aliphatic rings. The largest absolute Gasteiger partial charge is 0.497 e. The SMILES string of the molecule is COc1cccc(NC(=O)CCNc2ccc(OCc3ccccc3)cc2)c1. The highest BCUT2D eigenvalue weighted by Crippen LogP contribution is 2.18. The van der Waals surface area contributed by atoms with Crippen molar-refractivity contribution < 1.29 is 14.3 Å². The molecular weight excluding hydrogens is 352 g/mol. The lowest BCUT2D eigenvalue weighted by atomic mass is 10.2. The van der Waals surface area contributed by atoms with Crippen LogP contribution in [-0.2, 0) is 11.4 Å². The van der Waals surface area contributed by atoms with Crippen molar-refractivity contribution in [1.29, 1.82) is 0 Å². The van der Waals surface area contributed by atoms with Crippen molar-refractivity contribution in [3.8, 4) is 11.5 Å². The molecular formula is C23H24N2O3. The normalized spacial score (nSPS) is 10.2. The van der Waals surface area contributed by atoms with Crippen molar-refractivity contribution in [3.63, 3.8) is 0 Å². The van der Waals surface area contributed by atoms with Gasteiger partial charge in [-0.1, -0.05) is 36.4 Å². The quantitative estimate of drug-likeness (QED) is 0.568. The van der Waals surface area contributed by atoms with Crippen LogP contribution in [0.2, 0.25) is 0 Å². The monoisotopic (exact) mass is 376 g/mol. The third-order valence-electron chi connectivity index (χ3n) is 4.14. The summed E-state index contributed by atoms with van der Waals surface area (Å²) in [5.41, 5.74) is 2.80. The number of carbonyl (C=O) groups is 1. The second-order valence-corrected chi connectivity index (χ2v) is 6.26. The molecule has 1 amide bonds. The van der Waals surface area contributed by atoms with Crippen LogP contribution >= 0.6 is 0 Å². The van der Waals surface area contributed by atoms with Gasteiger partial charge in [-0.3, -0.25) is 4.79 Å². The van der Waals surface area contributed by atoms with E-state index in [-0.39, 0.29) is 5.91 Å². The lowest BCUT2D eigenvalue weighted by Gasteiger charge is -2.10. The summed E-state index contributed by atoms with van der Waals surface area (Å²) in [7, 11) is 1.60. The first-order chi connectivity index (χ1) is 13.7. The summed E-state index contributed by atoms with van der Waals surface area (Å²) in [4.78, 5) is 12.1. The Morgan fingerprint density at radius 1 is 0.857 bits per heavy atom. The van der Waals surface area contributed by atoms with E-state index in [9.17, 15) is 4.79 Å². The molecule has 3 rings (SSSR count). The highest BCUT2D eigenvalue weighted by molar-refractivity contribution is 5.91. The standard InChI is InChI=1S/C23H24N2O3/c1-27-22-9-5-8-20(16-22)25-23(26)14-15-24-19-10-12-21(13-11-19)28-17-18-6-3-2-4-7-18/h2-13,16,24H,14-15,17H2,1H3,(H,25,26). The fourth-order valence-corrected chi connectivity index (χ4v) is 2.65. The Morgan fingerprint density at radius 3 is 2.39 bits per heavy atom. The molecule has 0 aromatic heterocycles. The fraction of sp³-hybridized carbons (Fsp3) is 0.174. The van der Waals surface area contributed by atoms with E-state index in [0.717, 1.165) is 22.7 Å². The van der Waals surface area contributed by atoms with Crippen molar-refractivity contribution >= 4 is 17.3 Å². The summed E-state index contributed by atoms with van der Waals surface area (Å²) in [5, 5.41) is 6.11. The maximum absolute atomic E-state index is 12.1. The first-order valence-electron chi connectivity index (χ1n) is 9.17. The van der Waals surface area contributed by atoms with E-state index in [4.69, 9.17) is 9.47 Å². The van der Waals surface area contributed by atoms with Gasteiger partial charge in [0.05, 0.1) is 7.11 Å². The summed E-state index contributed by atoms with van der Waals surface area (Å²) in [6.45, 7) is 1.08. The van der Waals surface area contributed by atoms with Crippen molar-refractivity contribution in [2.45, 2.75) is 13.0 Å². The maximum atomic E-state index is 12.1. The Kier molecular flexibility index (Phi) is 6.90. The van der Waals surface area contributed by atoms with Gasteiger partial charge in [0.15, 0.2) is 0 Å². The van der Waals surface area contributed by atoms with E-state index >= 15 is 0 Å². The Labute approximate surface area is 165 Å². The predicted octanol–water partition coefficient (Wildman–Crippen LogP) is 4.71. The summed E-state index contributed by atoms with van der Waals surface area (Å²) < 4.78 is 10.9. The topological polar surface area (TPSA) is 59.6 Å². The van der Waals surface area contributed by atoms with Gasteiger partial charge in [-0.05, 0) is 42.0 Å². The number of rotatable bonds is 9. The minimum absolute atomic E-state index is 0.0523. The number of hydrogen-bond acceptors (Lipinski definition) is 4. The first-order valence-corrected chi connectivity index (χ1v) is 9.17. The van der Waals surface area contributed by atoms with Gasteiger partial charge in [0.1, 0.15) is 18.1 Å². The van der Waals surface area contributed by atoms with Crippen LogP contribution in [0.15, 0.2) is 78.9 Å². The summed E-state index contributed by atoms with van der Waals surface area (Å²) in [6, 6.07) is 25.1. The second kappa shape index (κ2) is 10.0. The molecule has 3 aromatic carbocycles. The lowest BCUT2D eigenvalue weighted by Crippen LogP contribution is -2.16. The van der Waals surface area contributed by atoms with E-state index in [1.165, 1.54) is 0 Å². The van der Waals surface area contributed by atoms with Crippen LogP contribution in [0, 0.1) is 0 Å². The van der Waals surface area contributed by atoms with Crippen LogP contribution < -0.4 is 20.1 Å². The number of hydrogen-bond donors (Lipinski definition) is 2. The van der Waals surface area contributed by atoms with Crippen molar-refractivity contribution in [2.24, 2.45) is 0 Å². The zero-order valence-electron chi connectivity index (χ0n) is 15.9. The van der Waals surface area contributed by atoms with Gasteiger partial charge < -0.3 is 20.1 Å². The molecule has 0 fully saturated rings. The molecule has 0 spiro atoms. The van der Waals surface area contributed by atoms with Gasteiger partial charge >= 0.3 is 0 Å². The number of amides is 1. The van der Waals surface area contributed by atoms with Crippen LogP contribution in [0.25, 0.3) is 0 Å². The first kappa shape index (κ1) is 19.3.